The number of hydrogen-bond acceptors (Lipinski definition) is 2. The molecular weight excluding hydrogens is 290 g/mol. The highest BCUT2D eigenvalue weighted by molar-refractivity contribution is 6.05. The Morgan fingerprint density at radius 2 is 1.62 bits per heavy atom. The van der Waals surface area contributed by atoms with Gasteiger partial charge in [-0.1, -0.05) is 0 Å². The Morgan fingerprint density at radius 1 is 1.05 bits per heavy atom. The Morgan fingerprint density at radius 3 is 2.14 bits per heavy atom. The molecule has 0 saturated heterocycles. The maximum Gasteiger partial charge on any atom is 0.256 e. The standard InChI is InChI=1S/C14H9F4NO2/c1-6-4-7(20)2-3-8(6)14(21)19-13-11(17)9(15)5-10(16)12(13)18/h2-5,20H,1H3,(H,19,21). The van der Waals surface area contributed by atoms with E-state index in [-0.39, 0.29) is 17.4 Å². The summed E-state index contributed by atoms with van der Waals surface area (Å²) in [4.78, 5) is 11.9. The van der Waals surface area contributed by atoms with Gasteiger partial charge in [0.15, 0.2) is 23.3 Å². The first-order valence-electron chi connectivity index (χ1n) is 5.75. The van der Waals surface area contributed by atoms with Crippen molar-refractivity contribution in [2.75, 3.05) is 5.32 Å². The number of phenolic OH excluding ortho intramolecular Hbond substituents is 1. The fourth-order valence-corrected chi connectivity index (χ4v) is 1.77. The minimum atomic E-state index is -1.70. The summed E-state index contributed by atoms with van der Waals surface area (Å²) < 4.78 is 53.0. The SMILES string of the molecule is Cc1cc(O)ccc1C(=O)Nc1c(F)c(F)cc(F)c1F. The average molecular weight is 299 g/mol. The molecule has 0 fully saturated rings. The van der Waals surface area contributed by atoms with Crippen molar-refractivity contribution in [1.29, 1.82) is 0 Å². The Hall–Kier alpha value is -2.57. The van der Waals surface area contributed by atoms with Gasteiger partial charge in [-0.05, 0) is 30.7 Å². The zero-order valence-corrected chi connectivity index (χ0v) is 10.7. The molecule has 0 bridgehead atoms. The molecule has 0 saturated carbocycles. The van der Waals surface area contributed by atoms with Crippen LogP contribution in [0.1, 0.15) is 15.9 Å². The molecule has 2 rings (SSSR count). The van der Waals surface area contributed by atoms with E-state index in [1.165, 1.54) is 25.1 Å². The molecule has 2 aromatic carbocycles. The van der Waals surface area contributed by atoms with E-state index >= 15 is 0 Å². The number of anilines is 1. The molecule has 0 heterocycles. The summed E-state index contributed by atoms with van der Waals surface area (Å²) in [6.07, 6.45) is 0. The minimum Gasteiger partial charge on any atom is -0.508 e. The summed E-state index contributed by atoms with van der Waals surface area (Å²) in [5, 5.41) is 11.0. The normalized spacial score (nSPS) is 10.5. The van der Waals surface area contributed by atoms with Crippen molar-refractivity contribution in [3.8, 4) is 5.75 Å². The number of carbonyl (C=O) groups excluding carboxylic acids is 1. The van der Waals surface area contributed by atoms with Crippen LogP contribution in [0.15, 0.2) is 24.3 Å². The Kier molecular flexibility index (Phi) is 3.84. The predicted octanol–water partition coefficient (Wildman–Crippen LogP) is 3.51. The lowest BCUT2D eigenvalue weighted by molar-refractivity contribution is 0.102. The number of carbonyl (C=O) groups is 1. The Labute approximate surface area is 116 Å². The number of halogens is 4. The second-order valence-electron chi connectivity index (χ2n) is 4.30. The third-order valence-corrected chi connectivity index (χ3v) is 2.80. The number of aryl methyl sites for hydroxylation is 1. The van der Waals surface area contributed by atoms with E-state index in [0.717, 1.165) is 0 Å². The van der Waals surface area contributed by atoms with E-state index < -0.39 is 34.9 Å². The Bertz CT molecular complexity index is 705. The molecule has 3 nitrogen and oxygen atoms in total. The highest BCUT2D eigenvalue weighted by Gasteiger charge is 2.22. The highest BCUT2D eigenvalue weighted by Crippen LogP contribution is 2.25. The summed E-state index contributed by atoms with van der Waals surface area (Å²) >= 11 is 0. The van der Waals surface area contributed by atoms with E-state index in [1.54, 1.807) is 5.32 Å². The van der Waals surface area contributed by atoms with E-state index in [0.29, 0.717) is 5.56 Å². The van der Waals surface area contributed by atoms with Crippen LogP contribution in [0.5, 0.6) is 5.75 Å². The topological polar surface area (TPSA) is 49.3 Å². The molecule has 0 aromatic heterocycles. The monoisotopic (exact) mass is 299 g/mol. The van der Waals surface area contributed by atoms with Crippen molar-refractivity contribution < 1.29 is 27.5 Å². The molecule has 0 aliphatic rings. The quantitative estimate of drug-likeness (QED) is 0.658. The summed E-state index contributed by atoms with van der Waals surface area (Å²) in [5.74, 6) is -7.69. The molecular formula is C14H9F4NO2. The zero-order valence-electron chi connectivity index (χ0n) is 10.7. The van der Waals surface area contributed by atoms with E-state index in [1.807, 2.05) is 0 Å². The third-order valence-electron chi connectivity index (χ3n) is 2.80. The van der Waals surface area contributed by atoms with Crippen LogP contribution in [0.4, 0.5) is 23.2 Å². The lowest BCUT2D eigenvalue weighted by atomic mass is 10.1. The van der Waals surface area contributed by atoms with Crippen LogP contribution in [0.3, 0.4) is 0 Å². The molecule has 0 atom stereocenters. The van der Waals surface area contributed by atoms with Crippen molar-refractivity contribution in [3.05, 3.63) is 58.7 Å². The summed E-state index contributed by atoms with van der Waals surface area (Å²) in [6, 6.07) is 3.71. The Balaban J connectivity index is 2.41. The van der Waals surface area contributed by atoms with Crippen molar-refractivity contribution in [1.82, 2.24) is 0 Å². The van der Waals surface area contributed by atoms with Crippen LogP contribution < -0.4 is 5.32 Å². The lowest BCUT2D eigenvalue weighted by Crippen LogP contribution is -2.16. The molecule has 0 radical (unpaired) electrons. The van der Waals surface area contributed by atoms with Crippen LogP contribution in [-0.4, -0.2) is 11.0 Å². The number of benzene rings is 2. The van der Waals surface area contributed by atoms with Gasteiger partial charge in [-0.25, -0.2) is 17.6 Å². The highest BCUT2D eigenvalue weighted by atomic mass is 19.2. The molecule has 2 N–H and O–H groups in total. The minimum absolute atomic E-state index is 0.00345. The van der Waals surface area contributed by atoms with Crippen LogP contribution in [0.2, 0.25) is 0 Å². The van der Waals surface area contributed by atoms with Crippen molar-refractivity contribution >= 4 is 11.6 Å². The van der Waals surface area contributed by atoms with Gasteiger partial charge in [0.05, 0.1) is 0 Å². The largest absolute Gasteiger partial charge is 0.508 e. The van der Waals surface area contributed by atoms with Crippen molar-refractivity contribution in [2.24, 2.45) is 0 Å². The molecule has 0 spiro atoms. The molecule has 7 heteroatoms. The second-order valence-corrected chi connectivity index (χ2v) is 4.30. The van der Waals surface area contributed by atoms with E-state index in [2.05, 4.69) is 0 Å². The second kappa shape index (κ2) is 5.43. The van der Waals surface area contributed by atoms with Gasteiger partial charge in [0.2, 0.25) is 0 Å². The van der Waals surface area contributed by atoms with E-state index in [4.69, 9.17) is 0 Å². The lowest BCUT2D eigenvalue weighted by Gasteiger charge is -2.10. The number of aromatic hydroxyl groups is 1. The third kappa shape index (κ3) is 2.81. The van der Waals surface area contributed by atoms with Crippen molar-refractivity contribution in [3.63, 3.8) is 0 Å². The van der Waals surface area contributed by atoms with Crippen LogP contribution in [0.25, 0.3) is 0 Å². The molecule has 2 aromatic rings. The summed E-state index contributed by atoms with van der Waals surface area (Å²) in [5.41, 5.74) is -0.883. The predicted molar refractivity (Wildman–Crippen MR) is 67.1 cm³/mol. The molecule has 0 unspecified atom stereocenters. The first-order valence-corrected chi connectivity index (χ1v) is 5.75. The fourth-order valence-electron chi connectivity index (χ4n) is 1.77. The number of rotatable bonds is 2. The van der Waals surface area contributed by atoms with Crippen LogP contribution in [0, 0.1) is 30.2 Å². The van der Waals surface area contributed by atoms with Gasteiger partial charge >= 0.3 is 0 Å². The van der Waals surface area contributed by atoms with Gasteiger partial charge < -0.3 is 10.4 Å². The van der Waals surface area contributed by atoms with Gasteiger partial charge in [-0.2, -0.15) is 0 Å². The first kappa shape index (κ1) is 14.8. The summed E-state index contributed by atoms with van der Waals surface area (Å²) in [6.45, 7) is 1.48. The molecule has 21 heavy (non-hydrogen) atoms. The molecule has 0 aliphatic heterocycles. The van der Waals surface area contributed by atoms with Gasteiger partial charge in [-0.3, -0.25) is 4.79 Å². The zero-order chi connectivity index (χ0) is 15.7. The molecule has 0 aliphatic carbocycles. The van der Waals surface area contributed by atoms with Crippen molar-refractivity contribution in [2.45, 2.75) is 6.92 Å². The smallest absolute Gasteiger partial charge is 0.256 e. The maximum atomic E-state index is 13.4. The van der Waals surface area contributed by atoms with Gasteiger partial charge in [0.1, 0.15) is 11.4 Å². The molecule has 1 amide bonds. The maximum absolute atomic E-state index is 13.4. The first-order chi connectivity index (χ1) is 9.81. The van der Waals surface area contributed by atoms with Crippen LogP contribution >= 0.6 is 0 Å². The number of amides is 1. The van der Waals surface area contributed by atoms with E-state index in [9.17, 15) is 27.5 Å². The molecule has 110 valence electrons. The number of phenols is 1. The van der Waals surface area contributed by atoms with Gasteiger partial charge in [-0.15, -0.1) is 0 Å². The van der Waals surface area contributed by atoms with Gasteiger partial charge in [0, 0.05) is 11.6 Å². The summed E-state index contributed by atoms with van der Waals surface area (Å²) in [7, 11) is 0. The fraction of sp³-hybridized carbons (Fsp3) is 0.0714. The number of nitrogens with one attached hydrogen (secondary N) is 1. The van der Waals surface area contributed by atoms with Gasteiger partial charge in [0.25, 0.3) is 5.91 Å². The number of hydrogen-bond donors (Lipinski definition) is 2. The van der Waals surface area contributed by atoms with Crippen LogP contribution in [-0.2, 0) is 0 Å². The average Bonchev–Trinajstić information content (AvgIpc) is 2.41.